The molecular weight excluding hydrogens is 320 g/mol. The predicted octanol–water partition coefficient (Wildman–Crippen LogP) is 0.620. The molecule has 1 aliphatic carbocycles. The van der Waals surface area contributed by atoms with Gasteiger partial charge in [0.2, 0.25) is 11.8 Å². The molecule has 134 valence electrons. The highest BCUT2D eigenvalue weighted by Crippen LogP contribution is 2.44. The van der Waals surface area contributed by atoms with Crippen LogP contribution in [0.1, 0.15) is 36.0 Å². The van der Waals surface area contributed by atoms with Crippen LogP contribution in [0, 0.1) is 11.3 Å². The van der Waals surface area contributed by atoms with Crippen molar-refractivity contribution in [3.8, 4) is 0 Å². The van der Waals surface area contributed by atoms with Crippen molar-refractivity contribution in [1.82, 2.24) is 10.6 Å². The predicted molar refractivity (Wildman–Crippen MR) is 93.9 cm³/mol. The van der Waals surface area contributed by atoms with Crippen molar-refractivity contribution < 1.29 is 14.4 Å². The summed E-state index contributed by atoms with van der Waals surface area (Å²) in [5.74, 6) is -0.597. The number of anilines is 1. The number of primary amides is 1. The Morgan fingerprint density at radius 3 is 2.92 bits per heavy atom. The van der Waals surface area contributed by atoms with Gasteiger partial charge in [-0.25, -0.2) is 0 Å². The van der Waals surface area contributed by atoms with Gasteiger partial charge in [-0.3, -0.25) is 14.4 Å². The fraction of sp³-hybridized carbons (Fsp3) is 0.500. The van der Waals surface area contributed by atoms with Crippen LogP contribution in [0.5, 0.6) is 0 Å². The third-order valence-corrected chi connectivity index (χ3v) is 5.30. The number of nitrogens with two attached hydrogens (primary N) is 1. The van der Waals surface area contributed by atoms with Gasteiger partial charge >= 0.3 is 0 Å². The van der Waals surface area contributed by atoms with Gasteiger partial charge in [-0.1, -0.05) is 18.9 Å². The molecule has 0 spiro atoms. The number of hydrogen-bond acceptors (Lipinski definition) is 4. The van der Waals surface area contributed by atoms with E-state index in [0.29, 0.717) is 23.7 Å². The summed E-state index contributed by atoms with van der Waals surface area (Å²) in [7, 11) is 0. The van der Waals surface area contributed by atoms with Crippen LogP contribution in [-0.2, 0) is 9.59 Å². The highest BCUT2D eigenvalue weighted by atomic mass is 16.2. The molecule has 0 radical (unpaired) electrons. The first kappa shape index (κ1) is 17.4. The molecule has 1 aliphatic heterocycles. The van der Waals surface area contributed by atoms with E-state index in [1.807, 2.05) is 0 Å². The van der Waals surface area contributed by atoms with E-state index < -0.39 is 11.8 Å². The van der Waals surface area contributed by atoms with Crippen molar-refractivity contribution in [1.29, 1.82) is 0 Å². The van der Waals surface area contributed by atoms with Gasteiger partial charge in [0.1, 0.15) is 0 Å². The van der Waals surface area contributed by atoms with E-state index in [2.05, 4.69) is 16.0 Å². The summed E-state index contributed by atoms with van der Waals surface area (Å²) in [6, 6.07) is 6.72. The lowest BCUT2D eigenvalue weighted by molar-refractivity contribution is -0.128. The van der Waals surface area contributed by atoms with Gasteiger partial charge in [-0.05, 0) is 43.5 Å². The molecule has 1 saturated heterocycles. The van der Waals surface area contributed by atoms with Crippen LogP contribution in [0.4, 0.5) is 5.69 Å². The first-order valence-electron chi connectivity index (χ1n) is 8.70. The molecule has 0 unspecified atom stereocenters. The smallest absolute Gasteiger partial charge is 0.251 e. The SMILES string of the molecule is NC(=O)CNC(=O)c1cccc(NC(=O)[C@@]23CCCC[C@H]2CNC3)c1. The Balaban J connectivity index is 1.70. The lowest BCUT2D eigenvalue weighted by Crippen LogP contribution is -2.44. The van der Waals surface area contributed by atoms with E-state index in [1.165, 1.54) is 6.42 Å². The second-order valence-corrected chi connectivity index (χ2v) is 6.91. The number of rotatable bonds is 5. The Morgan fingerprint density at radius 1 is 1.28 bits per heavy atom. The molecule has 5 N–H and O–H groups in total. The summed E-state index contributed by atoms with van der Waals surface area (Å²) in [6.45, 7) is 1.39. The van der Waals surface area contributed by atoms with Gasteiger partial charge < -0.3 is 21.7 Å². The van der Waals surface area contributed by atoms with Crippen LogP contribution >= 0.6 is 0 Å². The van der Waals surface area contributed by atoms with E-state index >= 15 is 0 Å². The molecule has 2 aliphatic rings. The Hall–Kier alpha value is -2.41. The molecule has 2 fully saturated rings. The molecule has 1 aromatic carbocycles. The average Bonchev–Trinajstić information content (AvgIpc) is 3.05. The molecule has 0 bridgehead atoms. The quantitative estimate of drug-likeness (QED) is 0.627. The summed E-state index contributed by atoms with van der Waals surface area (Å²) in [4.78, 5) is 35.8. The normalized spacial score (nSPS) is 25.0. The maximum atomic E-state index is 13.0. The molecule has 7 heteroatoms. The third kappa shape index (κ3) is 3.66. The Labute approximate surface area is 146 Å². The lowest BCUT2D eigenvalue weighted by atomic mass is 9.67. The number of carbonyl (C=O) groups excluding carboxylic acids is 3. The van der Waals surface area contributed by atoms with Crippen molar-refractivity contribution in [2.45, 2.75) is 25.7 Å². The maximum absolute atomic E-state index is 13.0. The number of nitrogens with one attached hydrogen (secondary N) is 3. The highest BCUT2D eigenvalue weighted by Gasteiger charge is 2.49. The van der Waals surface area contributed by atoms with E-state index in [1.54, 1.807) is 24.3 Å². The molecule has 2 atom stereocenters. The summed E-state index contributed by atoms with van der Waals surface area (Å²) in [5.41, 5.74) is 5.65. The van der Waals surface area contributed by atoms with Gasteiger partial charge in [0.05, 0.1) is 12.0 Å². The van der Waals surface area contributed by atoms with Crippen LogP contribution in [-0.4, -0.2) is 37.4 Å². The maximum Gasteiger partial charge on any atom is 0.251 e. The zero-order chi connectivity index (χ0) is 17.9. The molecule has 25 heavy (non-hydrogen) atoms. The van der Waals surface area contributed by atoms with E-state index in [-0.39, 0.29) is 17.9 Å². The number of carbonyl (C=O) groups is 3. The van der Waals surface area contributed by atoms with Crippen molar-refractivity contribution >= 4 is 23.4 Å². The summed E-state index contributed by atoms with van der Waals surface area (Å²) < 4.78 is 0. The zero-order valence-electron chi connectivity index (χ0n) is 14.1. The van der Waals surface area contributed by atoms with Gasteiger partial charge in [-0.2, -0.15) is 0 Å². The van der Waals surface area contributed by atoms with Gasteiger partial charge in [0.25, 0.3) is 5.91 Å². The summed E-state index contributed by atoms with van der Waals surface area (Å²) in [5, 5.41) is 8.79. The Bertz CT molecular complexity index is 691. The molecule has 1 saturated carbocycles. The number of benzene rings is 1. The fourth-order valence-corrected chi connectivity index (χ4v) is 3.95. The number of hydrogen-bond donors (Lipinski definition) is 4. The molecule has 1 heterocycles. The summed E-state index contributed by atoms with van der Waals surface area (Å²) in [6.07, 6.45) is 4.23. The Kier molecular flexibility index (Phi) is 5.03. The molecule has 1 aromatic rings. The van der Waals surface area contributed by atoms with E-state index in [4.69, 9.17) is 5.73 Å². The minimum Gasteiger partial charge on any atom is -0.368 e. The van der Waals surface area contributed by atoms with E-state index in [0.717, 1.165) is 25.8 Å². The third-order valence-electron chi connectivity index (χ3n) is 5.30. The molecule has 0 aromatic heterocycles. The first-order valence-corrected chi connectivity index (χ1v) is 8.70. The standard InChI is InChI=1S/C18H24N4O3/c19-15(23)10-21-16(24)12-4-3-6-14(8-12)22-17(25)18-7-2-1-5-13(18)9-20-11-18/h3-4,6,8,13,20H,1-2,5,7,9-11H2,(H2,19,23)(H,21,24)(H,22,25)/t13-,18+/m0/s1. The Morgan fingerprint density at radius 2 is 2.12 bits per heavy atom. The van der Waals surface area contributed by atoms with Gasteiger partial charge in [-0.15, -0.1) is 0 Å². The zero-order valence-corrected chi connectivity index (χ0v) is 14.1. The van der Waals surface area contributed by atoms with Crippen molar-refractivity contribution in [3.63, 3.8) is 0 Å². The van der Waals surface area contributed by atoms with Crippen LogP contribution in [0.2, 0.25) is 0 Å². The minimum atomic E-state index is -0.603. The molecule has 3 amide bonds. The molecule has 7 nitrogen and oxygen atoms in total. The summed E-state index contributed by atoms with van der Waals surface area (Å²) >= 11 is 0. The fourth-order valence-electron chi connectivity index (χ4n) is 3.95. The largest absolute Gasteiger partial charge is 0.368 e. The van der Waals surface area contributed by atoms with Crippen molar-refractivity contribution in [2.24, 2.45) is 17.1 Å². The molecule has 3 rings (SSSR count). The van der Waals surface area contributed by atoms with Crippen LogP contribution in [0.15, 0.2) is 24.3 Å². The second-order valence-electron chi connectivity index (χ2n) is 6.91. The van der Waals surface area contributed by atoms with Crippen molar-refractivity contribution in [3.05, 3.63) is 29.8 Å². The number of fused-ring (bicyclic) bond motifs is 1. The first-order chi connectivity index (χ1) is 12.0. The highest BCUT2D eigenvalue weighted by molar-refractivity contribution is 6.00. The second kappa shape index (κ2) is 7.23. The van der Waals surface area contributed by atoms with Crippen LogP contribution in [0.3, 0.4) is 0 Å². The average molecular weight is 344 g/mol. The minimum absolute atomic E-state index is 0.0249. The molecular formula is C18H24N4O3. The topological polar surface area (TPSA) is 113 Å². The number of amides is 3. The monoisotopic (exact) mass is 344 g/mol. The lowest BCUT2D eigenvalue weighted by Gasteiger charge is -2.37. The van der Waals surface area contributed by atoms with Gasteiger partial charge in [0, 0.05) is 17.8 Å². The van der Waals surface area contributed by atoms with E-state index in [9.17, 15) is 14.4 Å². The van der Waals surface area contributed by atoms with Gasteiger partial charge in [0.15, 0.2) is 0 Å². The van der Waals surface area contributed by atoms with Crippen molar-refractivity contribution in [2.75, 3.05) is 25.0 Å². The van der Waals surface area contributed by atoms with Crippen LogP contribution in [0.25, 0.3) is 0 Å². The van der Waals surface area contributed by atoms with Crippen LogP contribution < -0.4 is 21.7 Å².